The van der Waals surface area contributed by atoms with Gasteiger partial charge in [0.2, 0.25) is 5.62 Å². The van der Waals surface area contributed by atoms with Crippen LogP contribution >= 0.6 is 12.6 Å². The molecule has 1 heterocycles. The Hall–Kier alpha value is 0.270. The summed E-state index contributed by atoms with van der Waals surface area (Å²) in [5.74, 6) is 0. The molecule has 1 rings (SSSR count). The summed E-state index contributed by atoms with van der Waals surface area (Å²) in [4.78, 5) is 0. The number of hydrogen-bond acceptors (Lipinski definition) is 3. The molecule has 0 aromatic carbocycles. The molecule has 0 radical (unpaired) electrons. The van der Waals surface area contributed by atoms with E-state index in [4.69, 9.17) is 9.47 Å². The number of ether oxygens (including phenoxy) is 2. The van der Waals surface area contributed by atoms with Crippen LogP contribution in [0.1, 0.15) is 6.42 Å². The maximum Gasteiger partial charge on any atom is 0.204 e. The molecule has 0 aromatic rings. The third kappa shape index (κ3) is 1.67. The second-order valence-corrected chi connectivity index (χ2v) is 1.82. The van der Waals surface area contributed by atoms with Crippen LogP contribution < -0.4 is 0 Å². The highest BCUT2D eigenvalue weighted by Gasteiger charge is 2.06. The van der Waals surface area contributed by atoms with Crippen molar-refractivity contribution in [2.75, 3.05) is 13.2 Å². The van der Waals surface area contributed by atoms with Gasteiger partial charge in [0.05, 0.1) is 13.2 Å². The van der Waals surface area contributed by atoms with E-state index in [9.17, 15) is 0 Å². The summed E-state index contributed by atoms with van der Waals surface area (Å²) in [6, 6.07) is 0. The first-order chi connectivity index (χ1) is 3.39. The Balaban J connectivity index is 2.12. The molecule has 3 heteroatoms. The predicted octanol–water partition coefficient (Wildman–Crippen LogP) is 0.637. The zero-order chi connectivity index (χ0) is 5.11. The quantitative estimate of drug-likeness (QED) is 0.473. The molecular formula is C4H8O2S. The molecule has 0 N–H and O–H groups in total. The van der Waals surface area contributed by atoms with Crippen LogP contribution in [0.5, 0.6) is 0 Å². The van der Waals surface area contributed by atoms with E-state index in [1.807, 2.05) is 0 Å². The summed E-state index contributed by atoms with van der Waals surface area (Å²) < 4.78 is 9.84. The van der Waals surface area contributed by atoms with Gasteiger partial charge in [0.1, 0.15) is 0 Å². The third-order valence-corrected chi connectivity index (χ3v) is 1.11. The Morgan fingerprint density at radius 1 is 1.29 bits per heavy atom. The fraction of sp³-hybridized carbons (Fsp3) is 1.00. The second-order valence-electron chi connectivity index (χ2n) is 1.40. The zero-order valence-electron chi connectivity index (χ0n) is 3.96. The Kier molecular flexibility index (Phi) is 1.97. The van der Waals surface area contributed by atoms with Crippen LogP contribution in [-0.2, 0) is 9.47 Å². The molecule has 0 amide bonds. The molecule has 0 aromatic heterocycles. The maximum absolute atomic E-state index is 4.92. The Bertz CT molecular complexity index is 51.7. The van der Waals surface area contributed by atoms with E-state index in [1.54, 1.807) is 0 Å². The lowest BCUT2D eigenvalue weighted by molar-refractivity contribution is -0.121. The maximum atomic E-state index is 4.92. The van der Waals surface area contributed by atoms with Crippen LogP contribution in [0.15, 0.2) is 0 Å². The average Bonchev–Trinajstić information content (AvgIpc) is 1.69. The minimum absolute atomic E-state index is 0.270. The van der Waals surface area contributed by atoms with Crippen molar-refractivity contribution in [1.29, 1.82) is 0 Å². The van der Waals surface area contributed by atoms with Crippen molar-refractivity contribution in [3.63, 3.8) is 0 Å². The fourth-order valence-corrected chi connectivity index (χ4v) is 0.686. The highest BCUT2D eigenvalue weighted by Crippen LogP contribution is 2.06. The molecule has 42 valence electrons. The highest BCUT2D eigenvalue weighted by atomic mass is 32.1. The lowest BCUT2D eigenvalue weighted by Gasteiger charge is -2.17. The van der Waals surface area contributed by atoms with Gasteiger partial charge in [-0.25, -0.2) is 0 Å². The average molecular weight is 120 g/mol. The van der Waals surface area contributed by atoms with Crippen molar-refractivity contribution >= 4 is 12.6 Å². The van der Waals surface area contributed by atoms with Crippen molar-refractivity contribution < 1.29 is 9.47 Å². The Morgan fingerprint density at radius 2 is 1.86 bits per heavy atom. The van der Waals surface area contributed by atoms with Crippen molar-refractivity contribution in [2.45, 2.75) is 12.0 Å². The summed E-state index contributed by atoms with van der Waals surface area (Å²) in [6.45, 7) is 1.57. The molecule has 1 saturated heterocycles. The number of thiol groups is 1. The molecule has 7 heavy (non-hydrogen) atoms. The van der Waals surface area contributed by atoms with E-state index >= 15 is 0 Å². The molecule has 0 bridgehead atoms. The third-order valence-electron chi connectivity index (χ3n) is 0.810. The van der Waals surface area contributed by atoms with Gasteiger partial charge in [-0.1, -0.05) is 0 Å². The number of hydrogen-bond donors (Lipinski definition) is 1. The lowest BCUT2D eigenvalue weighted by atomic mass is 10.5. The van der Waals surface area contributed by atoms with Crippen molar-refractivity contribution in [3.8, 4) is 0 Å². The minimum Gasteiger partial charge on any atom is -0.344 e. The van der Waals surface area contributed by atoms with E-state index in [0.717, 1.165) is 19.6 Å². The summed E-state index contributed by atoms with van der Waals surface area (Å²) in [7, 11) is 0. The summed E-state index contributed by atoms with van der Waals surface area (Å²) in [5, 5.41) is 0. The van der Waals surface area contributed by atoms with Gasteiger partial charge in [-0.2, -0.15) is 0 Å². The SMILES string of the molecule is SC1OCCCO1. The lowest BCUT2D eigenvalue weighted by Crippen LogP contribution is -2.19. The first-order valence-corrected chi connectivity index (χ1v) is 2.82. The largest absolute Gasteiger partial charge is 0.344 e. The first-order valence-electron chi connectivity index (χ1n) is 2.31. The van der Waals surface area contributed by atoms with E-state index in [1.165, 1.54) is 0 Å². The van der Waals surface area contributed by atoms with Crippen LogP contribution in [0.2, 0.25) is 0 Å². The van der Waals surface area contributed by atoms with E-state index in [2.05, 4.69) is 12.6 Å². The molecule has 0 aliphatic carbocycles. The van der Waals surface area contributed by atoms with Gasteiger partial charge < -0.3 is 9.47 Å². The van der Waals surface area contributed by atoms with Crippen LogP contribution in [0.25, 0.3) is 0 Å². The van der Waals surface area contributed by atoms with Gasteiger partial charge in [0, 0.05) is 0 Å². The van der Waals surface area contributed by atoms with Crippen molar-refractivity contribution in [2.24, 2.45) is 0 Å². The van der Waals surface area contributed by atoms with Gasteiger partial charge in [-0.05, 0) is 6.42 Å². The summed E-state index contributed by atoms with van der Waals surface area (Å²) >= 11 is 3.92. The standard InChI is InChI=1S/C4H8O2S/c7-4-5-2-1-3-6-4/h4,7H,1-3H2. The summed E-state index contributed by atoms with van der Waals surface area (Å²) in [5.41, 5.74) is -0.270. The molecule has 0 saturated carbocycles. The molecule has 1 fully saturated rings. The monoisotopic (exact) mass is 120 g/mol. The first kappa shape index (κ1) is 5.41. The molecule has 0 spiro atoms. The predicted molar refractivity (Wildman–Crippen MR) is 29.3 cm³/mol. The molecule has 0 unspecified atom stereocenters. The normalized spacial score (nSPS) is 25.3. The van der Waals surface area contributed by atoms with Gasteiger partial charge >= 0.3 is 0 Å². The van der Waals surface area contributed by atoms with Gasteiger partial charge in [-0.15, -0.1) is 12.6 Å². The molecule has 2 nitrogen and oxygen atoms in total. The smallest absolute Gasteiger partial charge is 0.204 e. The van der Waals surface area contributed by atoms with Gasteiger partial charge in [-0.3, -0.25) is 0 Å². The highest BCUT2D eigenvalue weighted by molar-refractivity contribution is 7.80. The van der Waals surface area contributed by atoms with E-state index in [0.29, 0.717) is 0 Å². The minimum atomic E-state index is -0.270. The van der Waals surface area contributed by atoms with Crippen molar-refractivity contribution in [1.82, 2.24) is 0 Å². The molecule has 1 aliphatic heterocycles. The Labute approximate surface area is 48.2 Å². The fourth-order valence-electron chi connectivity index (χ4n) is 0.475. The van der Waals surface area contributed by atoms with Gasteiger partial charge in [0.25, 0.3) is 0 Å². The van der Waals surface area contributed by atoms with Crippen LogP contribution in [-0.4, -0.2) is 18.8 Å². The zero-order valence-corrected chi connectivity index (χ0v) is 4.86. The summed E-state index contributed by atoms with van der Waals surface area (Å²) in [6.07, 6.45) is 0.997. The number of rotatable bonds is 0. The molecular weight excluding hydrogens is 112 g/mol. The molecule has 0 atom stereocenters. The van der Waals surface area contributed by atoms with Crippen LogP contribution in [0, 0.1) is 0 Å². The Morgan fingerprint density at radius 3 is 2.14 bits per heavy atom. The molecule has 1 aliphatic rings. The van der Waals surface area contributed by atoms with Crippen LogP contribution in [0.3, 0.4) is 0 Å². The van der Waals surface area contributed by atoms with E-state index in [-0.39, 0.29) is 5.62 Å². The second kappa shape index (κ2) is 2.55. The van der Waals surface area contributed by atoms with E-state index < -0.39 is 0 Å². The van der Waals surface area contributed by atoms with Gasteiger partial charge in [0.15, 0.2) is 0 Å². The van der Waals surface area contributed by atoms with Crippen molar-refractivity contribution in [3.05, 3.63) is 0 Å². The van der Waals surface area contributed by atoms with Crippen LogP contribution in [0.4, 0.5) is 0 Å². The topological polar surface area (TPSA) is 18.5 Å².